The topological polar surface area (TPSA) is 0 Å². The van der Waals surface area contributed by atoms with Crippen LogP contribution in [-0.2, 0) is 0 Å². The van der Waals surface area contributed by atoms with Crippen LogP contribution in [0.3, 0.4) is 0 Å². The van der Waals surface area contributed by atoms with Crippen LogP contribution in [0.1, 0.15) is 46.0 Å². The molecule has 0 unspecified atom stereocenters. The van der Waals surface area contributed by atoms with Crippen LogP contribution in [0, 0.1) is 11.3 Å². The van der Waals surface area contributed by atoms with Gasteiger partial charge in [0.1, 0.15) is 0 Å². The summed E-state index contributed by atoms with van der Waals surface area (Å²) in [6.07, 6.45) is 8.48. The molecule has 0 nitrogen and oxygen atoms in total. The Balaban J connectivity index is 1.87. The molecule has 1 fully saturated rings. The van der Waals surface area contributed by atoms with Crippen molar-refractivity contribution in [1.29, 1.82) is 0 Å². The van der Waals surface area contributed by atoms with E-state index in [9.17, 15) is 0 Å². The second kappa shape index (κ2) is 7.63. The molecule has 1 heteroatoms. The Kier molecular flexibility index (Phi) is 5.54. The summed E-state index contributed by atoms with van der Waals surface area (Å²) in [6, 6.07) is 22.4. The quantitative estimate of drug-likeness (QED) is 0.617. The monoisotopic (exact) mass is 324 g/mol. The molecule has 0 radical (unpaired) electrons. The summed E-state index contributed by atoms with van der Waals surface area (Å²) in [7, 11) is -0.264. The first-order valence-electron chi connectivity index (χ1n) is 9.04. The number of rotatable bonds is 5. The molecule has 0 saturated heterocycles. The van der Waals surface area contributed by atoms with E-state index in [0.717, 1.165) is 5.92 Å². The van der Waals surface area contributed by atoms with Crippen LogP contribution in [0.2, 0.25) is 0 Å². The first-order valence-corrected chi connectivity index (χ1v) is 10.6. The molecule has 0 spiro atoms. The molecule has 2 aromatic rings. The highest BCUT2D eigenvalue weighted by atomic mass is 31.1. The van der Waals surface area contributed by atoms with Crippen LogP contribution in [-0.4, -0.2) is 6.16 Å². The first-order chi connectivity index (χ1) is 11.2. The van der Waals surface area contributed by atoms with E-state index in [1.54, 1.807) is 0 Å². The third-order valence-electron chi connectivity index (χ3n) is 5.41. The van der Waals surface area contributed by atoms with Crippen molar-refractivity contribution in [2.45, 2.75) is 46.0 Å². The molecule has 0 aromatic heterocycles. The summed E-state index contributed by atoms with van der Waals surface area (Å²) < 4.78 is 0. The van der Waals surface area contributed by atoms with Crippen molar-refractivity contribution in [2.24, 2.45) is 11.3 Å². The van der Waals surface area contributed by atoms with Crippen LogP contribution in [0.25, 0.3) is 0 Å². The van der Waals surface area contributed by atoms with E-state index in [2.05, 4.69) is 74.5 Å². The van der Waals surface area contributed by atoms with Crippen LogP contribution in [0.15, 0.2) is 60.7 Å². The lowest BCUT2D eigenvalue weighted by molar-refractivity contribution is 0.184. The molecule has 1 aliphatic carbocycles. The Morgan fingerprint density at radius 1 is 0.783 bits per heavy atom. The van der Waals surface area contributed by atoms with Gasteiger partial charge in [-0.2, -0.15) is 0 Å². The third-order valence-corrected chi connectivity index (χ3v) is 8.39. The van der Waals surface area contributed by atoms with Gasteiger partial charge in [0.15, 0.2) is 0 Å². The highest BCUT2D eigenvalue weighted by molar-refractivity contribution is 7.73. The van der Waals surface area contributed by atoms with E-state index in [1.165, 1.54) is 48.9 Å². The minimum atomic E-state index is -0.264. The molecule has 3 rings (SSSR count). The Morgan fingerprint density at radius 3 is 1.74 bits per heavy atom. The maximum Gasteiger partial charge on any atom is -0.0191 e. The van der Waals surface area contributed by atoms with E-state index >= 15 is 0 Å². The maximum atomic E-state index is 2.52. The lowest BCUT2D eigenvalue weighted by atomic mass is 9.72. The van der Waals surface area contributed by atoms with Crippen molar-refractivity contribution in [3.05, 3.63) is 60.7 Å². The van der Waals surface area contributed by atoms with Crippen LogP contribution in [0.5, 0.6) is 0 Å². The molecule has 2 aromatic carbocycles. The average Bonchev–Trinajstić information content (AvgIpc) is 2.62. The van der Waals surface area contributed by atoms with Crippen molar-refractivity contribution in [1.82, 2.24) is 0 Å². The largest absolute Gasteiger partial charge is 0.0622 e. The molecule has 122 valence electrons. The zero-order valence-corrected chi connectivity index (χ0v) is 15.4. The van der Waals surface area contributed by atoms with Crippen LogP contribution >= 0.6 is 7.92 Å². The Bertz CT molecular complexity index is 542. The average molecular weight is 324 g/mol. The highest BCUT2D eigenvalue weighted by Gasteiger charge is 2.33. The summed E-state index contributed by atoms with van der Waals surface area (Å²) >= 11 is 0. The summed E-state index contributed by atoms with van der Waals surface area (Å²) in [6.45, 7) is 5.04. The second-order valence-corrected chi connectivity index (χ2v) is 9.79. The van der Waals surface area contributed by atoms with Crippen molar-refractivity contribution in [2.75, 3.05) is 6.16 Å². The zero-order valence-electron chi connectivity index (χ0n) is 14.5. The maximum absolute atomic E-state index is 2.52. The van der Waals surface area contributed by atoms with Gasteiger partial charge in [0, 0.05) is 0 Å². The van der Waals surface area contributed by atoms with Gasteiger partial charge in [-0.1, -0.05) is 93.8 Å². The molecule has 0 bridgehead atoms. The molecule has 0 N–H and O–H groups in total. The predicted octanol–water partition coefficient (Wildman–Crippen LogP) is 5.73. The fourth-order valence-corrected chi connectivity index (χ4v) is 6.77. The highest BCUT2D eigenvalue weighted by Crippen LogP contribution is 2.47. The van der Waals surface area contributed by atoms with Gasteiger partial charge in [-0.25, -0.2) is 0 Å². The van der Waals surface area contributed by atoms with Gasteiger partial charge in [-0.05, 0) is 48.9 Å². The molecular weight excluding hydrogens is 295 g/mol. The summed E-state index contributed by atoms with van der Waals surface area (Å²) in [5, 5.41) is 3.05. The van der Waals surface area contributed by atoms with Gasteiger partial charge in [0.2, 0.25) is 0 Å². The molecule has 23 heavy (non-hydrogen) atoms. The van der Waals surface area contributed by atoms with Crippen molar-refractivity contribution >= 4 is 18.5 Å². The van der Waals surface area contributed by atoms with Gasteiger partial charge < -0.3 is 0 Å². The third kappa shape index (κ3) is 4.24. The summed E-state index contributed by atoms with van der Waals surface area (Å²) in [4.78, 5) is 0. The Hall–Kier alpha value is -1.13. The molecule has 0 amide bonds. The van der Waals surface area contributed by atoms with Gasteiger partial charge in [-0.3, -0.25) is 0 Å². The summed E-state index contributed by atoms with van der Waals surface area (Å²) in [5.74, 6) is 0.897. The van der Waals surface area contributed by atoms with E-state index in [0.29, 0.717) is 5.41 Å². The SMILES string of the molecule is CC(C)(CP(c1ccccc1)c1ccccc1)C1CCCCC1. The van der Waals surface area contributed by atoms with E-state index in [1.807, 2.05) is 0 Å². The van der Waals surface area contributed by atoms with Gasteiger partial charge >= 0.3 is 0 Å². The fraction of sp³-hybridized carbons (Fsp3) is 0.455. The minimum Gasteiger partial charge on any atom is -0.0622 e. The summed E-state index contributed by atoms with van der Waals surface area (Å²) in [5.41, 5.74) is 0.428. The molecular formula is C22H29P. The molecule has 1 aliphatic rings. The Labute approximate surface area is 143 Å². The minimum absolute atomic E-state index is 0.264. The smallest absolute Gasteiger partial charge is 0.0191 e. The number of benzene rings is 2. The molecule has 1 saturated carbocycles. The number of hydrogen-bond acceptors (Lipinski definition) is 0. The van der Waals surface area contributed by atoms with Gasteiger partial charge in [-0.15, -0.1) is 0 Å². The lowest BCUT2D eigenvalue weighted by Gasteiger charge is -2.39. The van der Waals surface area contributed by atoms with E-state index < -0.39 is 0 Å². The molecule has 0 atom stereocenters. The Morgan fingerprint density at radius 2 is 1.26 bits per heavy atom. The van der Waals surface area contributed by atoms with Crippen LogP contribution in [0.4, 0.5) is 0 Å². The van der Waals surface area contributed by atoms with E-state index in [-0.39, 0.29) is 7.92 Å². The van der Waals surface area contributed by atoms with Crippen molar-refractivity contribution in [3.8, 4) is 0 Å². The molecule has 0 heterocycles. The molecule has 0 aliphatic heterocycles. The number of hydrogen-bond donors (Lipinski definition) is 0. The fourth-order valence-electron chi connectivity index (χ4n) is 3.97. The standard InChI is InChI=1S/C22H29P/c1-22(2,19-12-6-3-7-13-19)18-23(20-14-8-4-9-15-20)21-16-10-5-11-17-21/h4-5,8-11,14-17,19H,3,6-7,12-13,18H2,1-2H3. The lowest BCUT2D eigenvalue weighted by Crippen LogP contribution is -2.32. The van der Waals surface area contributed by atoms with Gasteiger partial charge in [0.05, 0.1) is 0 Å². The van der Waals surface area contributed by atoms with Crippen molar-refractivity contribution < 1.29 is 0 Å². The predicted molar refractivity (Wildman–Crippen MR) is 104 cm³/mol. The zero-order chi connectivity index (χ0) is 16.1. The van der Waals surface area contributed by atoms with Gasteiger partial charge in [0.25, 0.3) is 0 Å². The second-order valence-electron chi connectivity index (χ2n) is 7.58. The first kappa shape index (κ1) is 16.7. The normalized spacial score (nSPS) is 16.7. The van der Waals surface area contributed by atoms with Crippen LogP contribution < -0.4 is 10.6 Å². The van der Waals surface area contributed by atoms with Crippen molar-refractivity contribution in [3.63, 3.8) is 0 Å². The van der Waals surface area contributed by atoms with E-state index in [4.69, 9.17) is 0 Å².